The van der Waals surface area contributed by atoms with Crippen LogP contribution < -0.4 is 39.0 Å². The van der Waals surface area contributed by atoms with Gasteiger partial charge in [0.25, 0.3) is 0 Å². The van der Waals surface area contributed by atoms with Gasteiger partial charge in [-0.3, -0.25) is 28.8 Å². The fraction of sp³-hybridized carbons (Fsp3) is 0.475. The molecule has 4 heterocycles. The molecule has 0 aliphatic carbocycles. The van der Waals surface area contributed by atoms with E-state index >= 15 is 0 Å². The Balaban J connectivity index is -0.00000143. The van der Waals surface area contributed by atoms with E-state index in [1.165, 1.54) is 7.11 Å². The van der Waals surface area contributed by atoms with Crippen molar-refractivity contribution in [2.75, 3.05) is 66.4 Å². The molecule has 4 bridgehead atoms. The van der Waals surface area contributed by atoms with Crippen LogP contribution in [-0.4, -0.2) is 155 Å². The number of benzene rings is 4. The van der Waals surface area contributed by atoms with E-state index in [1.807, 2.05) is 109 Å². The second-order valence-electron chi connectivity index (χ2n) is 19.7. The fourth-order valence-corrected chi connectivity index (χ4v) is 10.1. The molecule has 4 aromatic carbocycles. The first kappa shape index (κ1) is 81.9. The van der Waals surface area contributed by atoms with Gasteiger partial charge in [-0.2, -0.15) is 81.0 Å². The molecule has 6 atom stereocenters. The van der Waals surface area contributed by atoms with Crippen molar-refractivity contribution in [3.8, 4) is 11.5 Å². The number of nitrogens with one attached hydrogen (secondary N) is 2. The van der Waals surface area contributed by atoms with Crippen LogP contribution in [0.5, 0.6) is 11.5 Å². The number of likely N-dealkylation sites (tertiary alicyclic amines) is 2. The minimum atomic E-state index is -1.02. The number of amides is 4. The monoisotopic (exact) mass is 1270 g/mol. The first-order chi connectivity index (χ1) is 37.0. The average molecular weight is 1270 g/mol. The molecule has 0 saturated carbocycles. The minimum absolute atomic E-state index is 0. The second kappa shape index (κ2) is 43.4. The molecule has 84 heavy (non-hydrogen) atoms. The van der Waals surface area contributed by atoms with Crippen LogP contribution in [0.2, 0.25) is 0 Å². The van der Waals surface area contributed by atoms with Gasteiger partial charge in [-0.15, -0.1) is 0 Å². The number of ether oxygens (including phenoxy) is 5. The molecule has 4 aliphatic rings. The SMILES string of the molecule is COC(=O)[C@@H]1COCCOc2cccc(c2)C[C@H](N2CCCC2=O)C(=O)C[C@@H](CCc2ccccc2)C(=O)N1.O=C1N[C@H](CO)COCCOc2cccc(c2)C[C@H](N2CCCC2=O)C(=O)C[C@H]1CCc1ccccc1.S.S.S.S.S.S.[B].[H-].[Li+]. The summed E-state index contributed by atoms with van der Waals surface area (Å²) < 4.78 is 27.7. The van der Waals surface area contributed by atoms with E-state index in [-0.39, 0.29) is 185 Å². The van der Waals surface area contributed by atoms with Crippen molar-refractivity contribution in [2.45, 2.75) is 101 Å². The predicted molar refractivity (Wildman–Crippen MR) is 350 cm³/mol. The maximum atomic E-state index is 13.9. The number of rotatable bonds is 10. The van der Waals surface area contributed by atoms with Gasteiger partial charge in [0, 0.05) is 71.9 Å². The Labute approximate surface area is 552 Å². The third-order valence-electron chi connectivity index (χ3n) is 14.2. The number of hydrogen-bond acceptors (Lipinski definition) is 13. The van der Waals surface area contributed by atoms with Gasteiger partial charge in [0.05, 0.1) is 58.3 Å². The number of hydrogen-bond donors (Lipinski definition) is 3. The van der Waals surface area contributed by atoms with Gasteiger partial charge >= 0.3 is 24.8 Å². The maximum Gasteiger partial charge on any atom is 1.00 e. The Morgan fingerprint density at radius 2 is 1.01 bits per heavy atom. The number of aryl methyl sites for hydroxylation is 2. The summed E-state index contributed by atoms with van der Waals surface area (Å²) in [7, 11) is 1.25. The van der Waals surface area contributed by atoms with Crippen molar-refractivity contribution in [3.05, 3.63) is 131 Å². The van der Waals surface area contributed by atoms with E-state index in [2.05, 4.69) is 10.6 Å². The number of ketones is 2. The van der Waals surface area contributed by atoms with E-state index in [0.717, 1.165) is 28.7 Å². The van der Waals surface area contributed by atoms with Crippen LogP contribution in [0.15, 0.2) is 109 Å². The van der Waals surface area contributed by atoms with Crippen LogP contribution in [0.4, 0.5) is 0 Å². The van der Waals surface area contributed by atoms with Crippen LogP contribution in [0.1, 0.15) is 75.0 Å². The molecule has 4 aliphatic heterocycles. The molecular formula is C59H85BLiN4O13S6. The molecule has 4 amide bonds. The summed E-state index contributed by atoms with van der Waals surface area (Å²) in [6.45, 7) is 1.86. The molecule has 0 spiro atoms. The Hall–Kier alpha value is -4.19. The number of Topliss-reactive ketones (excluding diaryl/α,β-unsaturated/α-hetero) is 2. The van der Waals surface area contributed by atoms with Crippen molar-refractivity contribution in [1.29, 1.82) is 0 Å². The van der Waals surface area contributed by atoms with E-state index in [1.54, 1.807) is 9.80 Å². The number of esters is 1. The molecule has 8 rings (SSSR count). The van der Waals surface area contributed by atoms with E-state index < -0.39 is 47.9 Å². The third-order valence-corrected chi connectivity index (χ3v) is 14.2. The van der Waals surface area contributed by atoms with Gasteiger partial charge < -0.3 is 50.7 Å². The molecule has 3 radical (unpaired) electrons. The van der Waals surface area contributed by atoms with Crippen molar-refractivity contribution >= 4 is 131 Å². The standard InChI is InChI=1S/C30H36N2O7.C29H36N2O6.B.Li.6H2S.H/c1-37-30(36)25-20-38-15-16-39-24-10-5-9-22(17-24)18-26(32-14-6-11-28(32)34)27(33)19-23(29(35)31-25)13-12-21-7-3-2-4-8-21;32-19-24-20-36-14-15-37-25-9-4-8-22(16-25)17-26(31-13-5-10-28(31)34)27(33)18-23(29(35)30-24)12-11-21-6-2-1-3-7-21;;;;;;;;;/h2-5,7-10,17,23,25-26H,6,11-16,18-20H2,1H3,(H,31,35);1-4,6-9,16,23-24,26,32H,5,10-15,17-20H2,(H,30,35);;;6*1H2;/q;;;+1;;;;;;;-1/t23-,25+,26+;23-,24-,26+;;;;;;;;;/m11........./s1. The molecule has 25 heteroatoms. The summed E-state index contributed by atoms with van der Waals surface area (Å²) in [5, 5.41) is 15.4. The number of nitrogens with zero attached hydrogens (tertiary/aromatic N) is 2. The van der Waals surface area contributed by atoms with Gasteiger partial charge in [-0.05, 0) is 85.0 Å². The quantitative estimate of drug-likeness (QED) is 0.154. The van der Waals surface area contributed by atoms with Gasteiger partial charge in [-0.25, -0.2) is 4.79 Å². The number of carbonyl (C=O) groups excluding carboxylic acids is 7. The van der Waals surface area contributed by atoms with E-state index in [9.17, 15) is 38.7 Å². The van der Waals surface area contributed by atoms with Crippen LogP contribution >= 0.6 is 81.0 Å². The normalized spacial score (nSPS) is 21.3. The Bertz CT molecular complexity index is 2620. The molecular weight excluding hydrogens is 1180 g/mol. The number of methoxy groups -OCH3 is 1. The van der Waals surface area contributed by atoms with Crippen molar-refractivity contribution in [1.82, 2.24) is 20.4 Å². The molecule has 17 nitrogen and oxygen atoms in total. The Morgan fingerprint density at radius 3 is 1.42 bits per heavy atom. The average Bonchev–Trinajstić information content (AvgIpc) is 4.11. The van der Waals surface area contributed by atoms with Crippen molar-refractivity contribution < 1.29 is 82.6 Å². The number of carbonyl (C=O) groups is 7. The predicted octanol–water partition coefficient (Wildman–Crippen LogP) is 2.22. The third kappa shape index (κ3) is 25.6. The second-order valence-corrected chi connectivity index (χ2v) is 19.7. The summed E-state index contributed by atoms with van der Waals surface area (Å²) >= 11 is 0. The van der Waals surface area contributed by atoms with E-state index in [4.69, 9.17) is 23.7 Å². The smallest absolute Gasteiger partial charge is 1.00 e. The van der Waals surface area contributed by atoms with Gasteiger partial charge in [0.15, 0.2) is 17.6 Å². The van der Waals surface area contributed by atoms with Gasteiger partial charge in [-0.1, -0.05) is 84.9 Å². The summed E-state index contributed by atoms with van der Waals surface area (Å²) in [5.74, 6) is -1.73. The topological polar surface area (TPSA) is 216 Å². The minimum Gasteiger partial charge on any atom is -1.00 e. The molecule has 2 fully saturated rings. The maximum absolute atomic E-state index is 13.9. The fourth-order valence-electron chi connectivity index (χ4n) is 10.1. The summed E-state index contributed by atoms with van der Waals surface area (Å²) in [6.07, 6.45) is 5.02. The first-order valence-corrected chi connectivity index (χ1v) is 26.6. The zero-order valence-corrected chi connectivity index (χ0v) is 54.0. The molecule has 4 aromatic rings. The first-order valence-electron chi connectivity index (χ1n) is 26.6. The Kier molecular flexibility index (Phi) is 42.3. The van der Waals surface area contributed by atoms with Crippen LogP contribution in [0, 0.1) is 11.8 Å². The molecule has 0 aromatic heterocycles. The molecule has 459 valence electrons. The van der Waals surface area contributed by atoms with Crippen molar-refractivity contribution in [2.24, 2.45) is 11.8 Å². The molecule has 0 unspecified atom stereocenters. The van der Waals surface area contributed by atoms with Crippen LogP contribution in [0.25, 0.3) is 0 Å². The molecule has 3 N–H and O–H groups in total. The number of fused-ring (bicyclic) bond motifs is 4. The number of aliphatic hydroxyl groups is 1. The molecule has 2 saturated heterocycles. The largest absolute Gasteiger partial charge is 1.00 e. The summed E-state index contributed by atoms with van der Waals surface area (Å²) in [5.41, 5.74) is 3.89. The summed E-state index contributed by atoms with van der Waals surface area (Å²) in [4.78, 5) is 95.6. The van der Waals surface area contributed by atoms with E-state index in [0.29, 0.717) is 95.6 Å². The van der Waals surface area contributed by atoms with Gasteiger partial charge in [0.2, 0.25) is 23.6 Å². The van der Waals surface area contributed by atoms with Crippen molar-refractivity contribution in [3.63, 3.8) is 0 Å². The number of aliphatic hydroxyl groups excluding tert-OH is 1. The van der Waals surface area contributed by atoms with Crippen LogP contribution in [-0.2, 0) is 73.5 Å². The Morgan fingerprint density at radius 1 is 0.583 bits per heavy atom. The van der Waals surface area contributed by atoms with Crippen LogP contribution in [0.3, 0.4) is 0 Å². The summed E-state index contributed by atoms with van der Waals surface area (Å²) in [6, 6.07) is 31.6. The van der Waals surface area contributed by atoms with Gasteiger partial charge in [0.1, 0.15) is 24.7 Å². The zero-order valence-electron chi connectivity index (χ0n) is 49.0. The zero-order chi connectivity index (χ0) is 53.7.